The fourth-order valence-corrected chi connectivity index (χ4v) is 3.03. The molecule has 3 aromatic rings. The summed E-state index contributed by atoms with van der Waals surface area (Å²) in [6, 6.07) is 26.9. The van der Waals surface area contributed by atoms with E-state index in [-0.39, 0.29) is 5.76 Å². The van der Waals surface area contributed by atoms with E-state index in [9.17, 15) is 5.11 Å². The first-order chi connectivity index (χ1) is 13.7. The van der Waals surface area contributed by atoms with Gasteiger partial charge in [0.1, 0.15) is 16.5 Å². The lowest BCUT2D eigenvalue weighted by atomic mass is 10.0. The van der Waals surface area contributed by atoms with Gasteiger partial charge in [-0.3, -0.25) is 0 Å². The van der Waals surface area contributed by atoms with Crippen LogP contribution in [0.5, 0.6) is 5.75 Å². The van der Waals surface area contributed by atoms with E-state index in [0.717, 1.165) is 22.6 Å². The summed E-state index contributed by atoms with van der Waals surface area (Å²) in [7, 11) is 1.62. The summed E-state index contributed by atoms with van der Waals surface area (Å²) in [6.45, 7) is 0. The van der Waals surface area contributed by atoms with Crippen LogP contribution in [-0.2, 0) is 0 Å². The van der Waals surface area contributed by atoms with Gasteiger partial charge in [-0.05, 0) is 41.5 Å². The normalized spacial score (nSPS) is 11.8. The first-order valence-electron chi connectivity index (χ1n) is 8.84. The predicted molar refractivity (Wildman–Crippen MR) is 121 cm³/mol. The number of nitrogens with one attached hydrogen (secondary N) is 1. The molecule has 0 aliphatic carbocycles. The molecule has 0 unspecified atom stereocenters. The van der Waals surface area contributed by atoms with Crippen LogP contribution in [0.2, 0.25) is 0 Å². The maximum absolute atomic E-state index is 10.8. The number of aliphatic hydroxyl groups is 1. The zero-order valence-corrected chi connectivity index (χ0v) is 16.3. The molecule has 0 radical (unpaired) electrons. The van der Waals surface area contributed by atoms with Crippen molar-refractivity contribution in [3.05, 3.63) is 108 Å². The van der Waals surface area contributed by atoms with Gasteiger partial charge in [-0.1, -0.05) is 79.0 Å². The minimum atomic E-state index is 0.0856. The monoisotopic (exact) mass is 387 g/mol. The molecular formula is C24H21NO2S. The van der Waals surface area contributed by atoms with E-state index in [1.165, 1.54) is 0 Å². The van der Waals surface area contributed by atoms with Crippen molar-refractivity contribution in [2.24, 2.45) is 0 Å². The fraction of sp³-hybridized carbons (Fsp3) is 0.0417. The van der Waals surface area contributed by atoms with E-state index in [0.29, 0.717) is 10.6 Å². The van der Waals surface area contributed by atoms with E-state index >= 15 is 0 Å². The van der Waals surface area contributed by atoms with Crippen molar-refractivity contribution in [3.8, 4) is 5.75 Å². The number of para-hydroxylation sites is 1. The zero-order valence-electron chi connectivity index (χ0n) is 15.5. The summed E-state index contributed by atoms with van der Waals surface area (Å²) in [5.74, 6) is 0.826. The van der Waals surface area contributed by atoms with Crippen LogP contribution in [0.4, 0.5) is 5.69 Å². The molecule has 3 nitrogen and oxygen atoms in total. The minimum Gasteiger partial charge on any atom is -0.507 e. The van der Waals surface area contributed by atoms with Crippen LogP contribution in [0, 0.1) is 0 Å². The number of thiocarbonyl (C=S) groups is 1. The summed E-state index contributed by atoms with van der Waals surface area (Å²) in [5, 5.41) is 14.0. The smallest absolute Gasteiger partial charge is 0.126 e. The Labute approximate surface area is 170 Å². The number of methoxy groups -OCH3 is 1. The lowest BCUT2D eigenvalue weighted by Crippen LogP contribution is -2.13. The van der Waals surface area contributed by atoms with Gasteiger partial charge in [0.2, 0.25) is 0 Å². The maximum atomic E-state index is 10.8. The Kier molecular flexibility index (Phi) is 6.60. The molecule has 0 atom stereocenters. The van der Waals surface area contributed by atoms with Gasteiger partial charge in [0.05, 0.1) is 12.7 Å². The van der Waals surface area contributed by atoms with Gasteiger partial charge < -0.3 is 15.2 Å². The molecule has 2 N–H and O–H groups in total. The molecule has 0 saturated heterocycles. The van der Waals surface area contributed by atoms with Crippen LogP contribution < -0.4 is 10.1 Å². The van der Waals surface area contributed by atoms with Gasteiger partial charge >= 0.3 is 0 Å². The Morgan fingerprint density at radius 1 is 0.893 bits per heavy atom. The third kappa shape index (κ3) is 5.09. The van der Waals surface area contributed by atoms with E-state index < -0.39 is 0 Å². The van der Waals surface area contributed by atoms with E-state index in [4.69, 9.17) is 17.0 Å². The fourth-order valence-electron chi connectivity index (χ4n) is 2.69. The first kappa shape index (κ1) is 19.4. The third-order valence-electron chi connectivity index (χ3n) is 4.13. The number of allylic oxidation sites excluding steroid dienone is 1. The average Bonchev–Trinajstić information content (AvgIpc) is 2.74. The molecule has 0 aliphatic heterocycles. The average molecular weight is 388 g/mol. The first-order valence-corrected chi connectivity index (χ1v) is 9.25. The van der Waals surface area contributed by atoms with Crippen molar-refractivity contribution >= 4 is 34.5 Å². The molecule has 0 aromatic heterocycles. The Bertz CT molecular complexity index is 978. The predicted octanol–water partition coefficient (Wildman–Crippen LogP) is 6.12. The molecule has 0 saturated carbocycles. The van der Waals surface area contributed by atoms with E-state index in [1.807, 2.05) is 91.0 Å². The largest absolute Gasteiger partial charge is 0.507 e. The standard InChI is InChI=1S/C24H21NO2S/c1-27-21-15-13-19(14-16-21)23(24(28)25-20-10-6-3-7-11-20)22(26)17-12-18-8-4-2-5-9-18/h2-17,26H,1H3,(H,25,28)/b17-12+,23-22+. The Morgan fingerprint density at radius 3 is 2.11 bits per heavy atom. The van der Waals surface area contributed by atoms with Crippen molar-refractivity contribution in [2.45, 2.75) is 0 Å². The molecule has 0 spiro atoms. The highest BCUT2D eigenvalue weighted by Crippen LogP contribution is 2.25. The Morgan fingerprint density at radius 2 is 1.50 bits per heavy atom. The van der Waals surface area contributed by atoms with Crippen LogP contribution in [-0.4, -0.2) is 17.2 Å². The van der Waals surface area contributed by atoms with Gasteiger partial charge in [-0.15, -0.1) is 0 Å². The molecule has 0 amide bonds. The molecule has 0 aliphatic rings. The number of aliphatic hydroxyl groups excluding tert-OH is 1. The lowest BCUT2D eigenvalue weighted by molar-refractivity contribution is 0.414. The summed E-state index contributed by atoms with van der Waals surface area (Å²) in [5.41, 5.74) is 3.20. The second-order valence-electron chi connectivity index (χ2n) is 6.05. The maximum Gasteiger partial charge on any atom is 0.126 e. The summed E-state index contributed by atoms with van der Waals surface area (Å²) >= 11 is 5.61. The van der Waals surface area contributed by atoms with Crippen LogP contribution >= 0.6 is 12.2 Å². The van der Waals surface area contributed by atoms with Crippen molar-refractivity contribution in [3.63, 3.8) is 0 Å². The highest BCUT2D eigenvalue weighted by molar-refractivity contribution is 7.81. The van der Waals surface area contributed by atoms with Gasteiger partial charge in [-0.25, -0.2) is 0 Å². The van der Waals surface area contributed by atoms with Gasteiger partial charge in [-0.2, -0.15) is 0 Å². The summed E-state index contributed by atoms with van der Waals surface area (Å²) in [4.78, 5) is 0.437. The zero-order chi connectivity index (χ0) is 19.8. The highest BCUT2D eigenvalue weighted by Gasteiger charge is 2.13. The molecule has 0 heterocycles. The Hall–Kier alpha value is -3.37. The number of hydrogen-bond acceptors (Lipinski definition) is 3. The SMILES string of the molecule is COc1ccc(/C(C(=S)Nc2ccccc2)=C(O)/C=C/c2ccccc2)cc1. The van der Waals surface area contributed by atoms with Crippen molar-refractivity contribution in [1.82, 2.24) is 0 Å². The van der Waals surface area contributed by atoms with Gasteiger partial charge in [0.15, 0.2) is 0 Å². The van der Waals surface area contributed by atoms with Crippen molar-refractivity contribution in [2.75, 3.05) is 12.4 Å². The molecule has 3 aromatic carbocycles. The van der Waals surface area contributed by atoms with E-state index in [2.05, 4.69) is 5.32 Å². The summed E-state index contributed by atoms with van der Waals surface area (Å²) in [6.07, 6.45) is 3.51. The van der Waals surface area contributed by atoms with Crippen molar-refractivity contribution in [1.29, 1.82) is 0 Å². The number of benzene rings is 3. The third-order valence-corrected chi connectivity index (χ3v) is 4.43. The van der Waals surface area contributed by atoms with Crippen molar-refractivity contribution < 1.29 is 9.84 Å². The topological polar surface area (TPSA) is 41.5 Å². The second kappa shape index (κ2) is 9.53. The van der Waals surface area contributed by atoms with Crippen LogP contribution in [0.25, 0.3) is 11.6 Å². The van der Waals surface area contributed by atoms with E-state index in [1.54, 1.807) is 13.2 Å². The molecule has 3 rings (SSSR count). The highest BCUT2D eigenvalue weighted by atomic mass is 32.1. The minimum absolute atomic E-state index is 0.0856. The van der Waals surface area contributed by atoms with Crippen LogP contribution in [0.3, 0.4) is 0 Å². The van der Waals surface area contributed by atoms with Crippen LogP contribution in [0.15, 0.2) is 96.8 Å². The Balaban J connectivity index is 1.97. The molecule has 0 bridgehead atoms. The summed E-state index contributed by atoms with van der Waals surface area (Å²) < 4.78 is 5.23. The quantitative estimate of drug-likeness (QED) is 0.231. The molecule has 4 heteroatoms. The van der Waals surface area contributed by atoms with Gasteiger partial charge in [0, 0.05) is 5.69 Å². The molecule has 140 valence electrons. The number of hydrogen-bond donors (Lipinski definition) is 2. The second-order valence-corrected chi connectivity index (χ2v) is 6.46. The van der Waals surface area contributed by atoms with Gasteiger partial charge in [0.25, 0.3) is 0 Å². The number of ether oxygens (including phenoxy) is 1. The van der Waals surface area contributed by atoms with Crippen LogP contribution in [0.1, 0.15) is 11.1 Å². The molecule has 0 fully saturated rings. The molecular weight excluding hydrogens is 366 g/mol. The number of rotatable bonds is 6. The number of anilines is 1. The lowest BCUT2D eigenvalue weighted by Gasteiger charge is -2.14. The molecule has 28 heavy (non-hydrogen) atoms.